The number of rotatable bonds is 4. The van der Waals surface area contributed by atoms with Gasteiger partial charge in [-0.2, -0.15) is 0 Å². The lowest BCUT2D eigenvalue weighted by molar-refractivity contribution is -0.141. The Morgan fingerprint density at radius 3 is 2.48 bits per heavy atom. The van der Waals surface area contributed by atoms with Gasteiger partial charge in [-0.25, -0.2) is 9.59 Å². The van der Waals surface area contributed by atoms with Gasteiger partial charge in [-0.3, -0.25) is 4.90 Å². The van der Waals surface area contributed by atoms with Gasteiger partial charge in [0.25, 0.3) is 0 Å². The molecular formula is C15H26N2O3S. The SMILES string of the molecule is CC(C)CN(C(=O)N1C(C)SCC1C(=O)O)C1CCCC1. The zero-order valence-electron chi connectivity index (χ0n) is 13.1. The molecule has 1 aliphatic heterocycles. The fraction of sp³-hybridized carbons (Fsp3) is 0.867. The maximum atomic E-state index is 13.0. The van der Waals surface area contributed by atoms with Crippen molar-refractivity contribution in [1.29, 1.82) is 0 Å². The molecule has 5 nitrogen and oxygen atoms in total. The summed E-state index contributed by atoms with van der Waals surface area (Å²) in [6.07, 6.45) is 4.43. The molecule has 6 heteroatoms. The first kappa shape index (κ1) is 16.5. The normalized spacial score (nSPS) is 26.6. The molecule has 2 atom stereocenters. The molecule has 1 N–H and O–H groups in total. The highest BCUT2D eigenvalue weighted by Gasteiger charge is 2.42. The summed E-state index contributed by atoms with van der Waals surface area (Å²) >= 11 is 1.55. The summed E-state index contributed by atoms with van der Waals surface area (Å²) in [7, 11) is 0. The first-order chi connectivity index (χ1) is 9.91. The van der Waals surface area contributed by atoms with Gasteiger partial charge in [-0.05, 0) is 25.7 Å². The van der Waals surface area contributed by atoms with Gasteiger partial charge in [-0.1, -0.05) is 26.7 Å². The summed E-state index contributed by atoms with van der Waals surface area (Å²) in [5.41, 5.74) is 0. The Hall–Kier alpha value is -0.910. The zero-order chi connectivity index (χ0) is 15.6. The number of carbonyl (C=O) groups is 2. The fourth-order valence-corrected chi connectivity index (χ4v) is 4.43. The molecule has 1 aliphatic carbocycles. The molecule has 2 unspecified atom stereocenters. The first-order valence-electron chi connectivity index (χ1n) is 7.85. The third-order valence-corrected chi connectivity index (χ3v) is 5.52. The molecule has 1 heterocycles. The highest BCUT2D eigenvalue weighted by molar-refractivity contribution is 8.00. The van der Waals surface area contributed by atoms with Gasteiger partial charge < -0.3 is 10.0 Å². The summed E-state index contributed by atoms with van der Waals surface area (Å²) in [5.74, 6) is -0.0119. The molecule has 0 aromatic rings. The molecule has 0 aromatic carbocycles. The Bertz CT molecular complexity index is 396. The third-order valence-electron chi connectivity index (χ3n) is 4.30. The van der Waals surface area contributed by atoms with Gasteiger partial charge in [0.1, 0.15) is 6.04 Å². The molecule has 1 saturated heterocycles. The van der Waals surface area contributed by atoms with E-state index in [1.807, 2.05) is 11.8 Å². The summed E-state index contributed by atoms with van der Waals surface area (Å²) in [6, 6.07) is -0.485. The summed E-state index contributed by atoms with van der Waals surface area (Å²) < 4.78 is 0. The van der Waals surface area contributed by atoms with Crippen LogP contribution >= 0.6 is 11.8 Å². The van der Waals surface area contributed by atoms with Crippen molar-refractivity contribution in [3.63, 3.8) is 0 Å². The van der Waals surface area contributed by atoms with Crippen molar-refractivity contribution in [2.24, 2.45) is 5.92 Å². The number of urea groups is 1. The van der Waals surface area contributed by atoms with Crippen molar-refractivity contribution in [3.8, 4) is 0 Å². The molecule has 2 aliphatic rings. The maximum absolute atomic E-state index is 13.0. The Balaban J connectivity index is 2.17. The van der Waals surface area contributed by atoms with Gasteiger partial charge in [0, 0.05) is 18.3 Å². The predicted molar refractivity (Wildman–Crippen MR) is 84.4 cm³/mol. The largest absolute Gasteiger partial charge is 0.480 e. The van der Waals surface area contributed by atoms with E-state index in [0.717, 1.165) is 12.8 Å². The Morgan fingerprint density at radius 1 is 1.33 bits per heavy atom. The lowest BCUT2D eigenvalue weighted by atomic mass is 10.1. The molecule has 120 valence electrons. The topological polar surface area (TPSA) is 60.9 Å². The number of hydrogen-bond acceptors (Lipinski definition) is 3. The van der Waals surface area contributed by atoms with Gasteiger partial charge in [0.2, 0.25) is 0 Å². The monoisotopic (exact) mass is 314 g/mol. The van der Waals surface area contributed by atoms with Crippen LogP contribution in [-0.2, 0) is 4.79 Å². The number of nitrogens with zero attached hydrogens (tertiary/aromatic N) is 2. The smallest absolute Gasteiger partial charge is 0.327 e. The molecule has 0 radical (unpaired) electrons. The second-order valence-electron chi connectivity index (χ2n) is 6.46. The lowest BCUT2D eigenvalue weighted by Gasteiger charge is -2.36. The molecule has 2 amide bonds. The van der Waals surface area contributed by atoms with Crippen LogP contribution in [0, 0.1) is 5.92 Å². The van der Waals surface area contributed by atoms with Crippen LogP contribution in [0.25, 0.3) is 0 Å². The predicted octanol–water partition coefficient (Wildman–Crippen LogP) is 2.86. The highest BCUT2D eigenvalue weighted by atomic mass is 32.2. The van der Waals surface area contributed by atoms with Gasteiger partial charge in [-0.15, -0.1) is 11.8 Å². The molecular weight excluding hydrogens is 288 g/mol. The van der Waals surface area contributed by atoms with Crippen LogP contribution in [0.15, 0.2) is 0 Å². The van der Waals surface area contributed by atoms with Crippen molar-refractivity contribution in [1.82, 2.24) is 9.80 Å². The lowest BCUT2D eigenvalue weighted by Crippen LogP contribution is -2.54. The average Bonchev–Trinajstić information content (AvgIpc) is 3.03. The number of amides is 2. The minimum Gasteiger partial charge on any atom is -0.480 e. The van der Waals surface area contributed by atoms with Crippen LogP contribution < -0.4 is 0 Å². The van der Waals surface area contributed by atoms with Crippen molar-refractivity contribution in [2.45, 2.75) is 63.9 Å². The summed E-state index contributed by atoms with van der Waals surface area (Å²) in [5, 5.41) is 9.29. The Labute approximate surface area is 131 Å². The van der Waals surface area contributed by atoms with Crippen LogP contribution in [0.4, 0.5) is 4.79 Å². The van der Waals surface area contributed by atoms with Crippen LogP contribution in [0.1, 0.15) is 46.5 Å². The van der Waals surface area contributed by atoms with E-state index < -0.39 is 12.0 Å². The molecule has 2 fully saturated rings. The molecule has 1 saturated carbocycles. The van der Waals surface area contributed by atoms with E-state index in [0.29, 0.717) is 18.2 Å². The highest BCUT2D eigenvalue weighted by Crippen LogP contribution is 2.32. The molecule has 2 rings (SSSR count). The Kier molecular flexibility index (Phi) is 5.41. The minimum absolute atomic E-state index is 0.0605. The number of carboxylic acids is 1. The maximum Gasteiger partial charge on any atom is 0.327 e. The van der Waals surface area contributed by atoms with Crippen molar-refractivity contribution in [2.75, 3.05) is 12.3 Å². The molecule has 0 aromatic heterocycles. The van der Waals surface area contributed by atoms with Crippen molar-refractivity contribution >= 4 is 23.8 Å². The summed E-state index contributed by atoms with van der Waals surface area (Å²) in [4.78, 5) is 27.9. The number of thioether (sulfide) groups is 1. The van der Waals surface area contributed by atoms with E-state index in [1.54, 1.807) is 16.7 Å². The quantitative estimate of drug-likeness (QED) is 0.867. The summed E-state index contributed by atoms with van der Waals surface area (Å²) in [6.45, 7) is 6.84. The number of carboxylic acid groups (broad SMARTS) is 1. The average molecular weight is 314 g/mol. The number of carbonyl (C=O) groups excluding carboxylic acids is 1. The van der Waals surface area contributed by atoms with E-state index in [2.05, 4.69) is 13.8 Å². The second-order valence-corrected chi connectivity index (χ2v) is 7.81. The fourth-order valence-electron chi connectivity index (χ4n) is 3.26. The van der Waals surface area contributed by atoms with Crippen molar-refractivity contribution < 1.29 is 14.7 Å². The standard InChI is InChI=1S/C15H26N2O3S/c1-10(2)8-16(12-6-4-5-7-12)15(20)17-11(3)21-9-13(17)14(18)19/h10-13H,4-9H2,1-3H3,(H,18,19). The molecule has 0 bridgehead atoms. The van der Waals surface area contributed by atoms with E-state index >= 15 is 0 Å². The van der Waals surface area contributed by atoms with Gasteiger partial charge in [0.15, 0.2) is 0 Å². The third kappa shape index (κ3) is 3.65. The van der Waals surface area contributed by atoms with E-state index in [1.165, 1.54) is 12.8 Å². The van der Waals surface area contributed by atoms with E-state index in [-0.39, 0.29) is 17.4 Å². The van der Waals surface area contributed by atoms with Crippen LogP contribution in [0.2, 0.25) is 0 Å². The minimum atomic E-state index is -0.892. The van der Waals surface area contributed by atoms with Crippen molar-refractivity contribution in [3.05, 3.63) is 0 Å². The van der Waals surface area contributed by atoms with E-state index in [4.69, 9.17) is 0 Å². The molecule has 21 heavy (non-hydrogen) atoms. The van der Waals surface area contributed by atoms with Gasteiger partial charge >= 0.3 is 12.0 Å². The van der Waals surface area contributed by atoms with Gasteiger partial charge in [0.05, 0.1) is 5.37 Å². The van der Waals surface area contributed by atoms with Crippen LogP contribution in [0.5, 0.6) is 0 Å². The van der Waals surface area contributed by atoms with Crippen LogP contribution in [-0.4, -0.2) is 56.7 Å². The Morgan fingerprint density at radius 2 is 1.95 bits per heavy atom. The second kappa shape index (κ2) is 6.90. The first-order valence-corrected chi connectivity index (χ1v) is 8.90. The zero-order valence-corrected chi connectivity index (χ0v) is 13.9. The van der Waals surface area contributed by atoms with Crippen LogP contribution in [0.3, 0.4) is 0 Å². The molecule has 0 spiro atoms. The number of aliphatic carboxylic acids is 1. The number of hydrogen-bond donors (Lipinski definition) is 1. The van der Waals surface area contributed by atoms with E-state index in [9.17, 15) is 14.7 Å².